The highest BCUT2D eigenvalue weighted by molar-refractivity contribution is 4.76. The number of nitrogens with one attached hydrogen (secondary N) is 1. The Morgan fingerprint density at radius 3 is 1.29 bits per heavy atom. The summed E-state index contributed by atoms with van der Waals surface area (Å²) in [7, 11) is 0. The van der Waals surface area contributed by atoms with E-state index in [4.69, 9.17) is 25.5 Å². The van der Waals surface area contributed by atoms with Crippen LogP contribution >= 0.6 is 0 Å². The third-order valence-corrected chi connectivity index (χ3v) is 2.49. The van der Waals surface area contributed by atoms with Crippen LogP contribution in [0.25, 0.3) is 0 Å². The first-order valence-electron chi connectivity index (χ1n) is 4.60. The van der Waals surface area contributed by atoms with Gasteiger partial charge < -0.3 is 30.4 Å². The molecule has 6 N–H and O–H groups in total. The zero-order valence-corrected chi connectivity index (χ0v) is 8.19. The fraction of sp³-hybridized carbons (Fsp3) is 1.00. The van der Waals surface area contributed by atoms with E-state index in [1.54, 1.807) is 0 Å². The molecule has 0 aromatic heterocycles. The second-order valence-electron chi connectivity index (χ2n) is 3.31. The molecule has 0 heterocycles. The Balaban J connectivity index is 4.52. The van der Waals surface area contributed by atoms with Crippen molar-refractivity contribution in [1.29, 1.82) is 0 Å². The van der Waals surface area contributed by atoms with Crippen molar-refractivity contribution in [2.45, 2.75) is 5.54 Å². The summed E-state index contributed by atoms with van der Waals surface area (Å²) in [5.41, 5.74) is -1.09. The van der Waals surface area contributed by atoms with E-state index in [0.29, 0.717) is 4.90 Å². The van der Waals surface area contributed by atoms with E-state index in [1.165, 1.54) is 0 Å². The highest BCUT2D eigenvalue weighted by atomic mass is 16.3. The van der Waals surface area contributed by atoms with Gasteiger partial charge in [0.25, 0.3) is 0 Å². The number of quaternary nitrogens is 1. The Labute approximate surface area is 83.0 Å². The molecule has 0 radical (unpaired) electrons. The fourth-order valence-corrected chi connectivity index (χ4v) is 1.41. The van der Waals surface area contributed by atoms with E-state index in [9.17, 15) is 0 Å². The van der Waals surface area contributed by atoms with Crippen molar-refractivity contribution in [1.82, 2.24) is 0 Å². The molecule has 0 bridgehead atoms. The smallest absolute Gasteiger partial charge is 0.167 e. The second-order valence-corrected chi connectivity index (χ2v) is 3.31. The van der Waals surface area contributed by atoms with Gasteiger partial charge in [-0.15, -0.1) is 0 Å². The summed E-state index contributed by atoms with van der Waals surface area (Å²) in [6.07, 6.45) is 0. The normalized spacial score (nSPS) is 12.4. The Morgan fingerprint density at radius 1 is 0.714 bits per heavy atom. The molecule has 0 unspecified atom stereocenters. The zero-order chi connectivity index (χ0) is 11.0. The van der Waals surface area contributed by atoms with Gasteiger partial charge in [-0.25, -0.2) is 0 Å². The molecule has 0 amide bonds. The summed E-state index contributed by atoms with van der Waals surface area (Å²) in [6.45, 7) is -0.904. The summed E-state index contributed by atoms with van der Waals surface area (Å²) in [5.74, 6) is 0. The minimum atomic E-state index is -1.09. The lowest BCUT2D eigenvalue weighted by Crippen LogP contribution is -3.23. The summed E-state index contributed by atoms with van der Waals surface area (Å²) in [6, 6.07) is 0. The van der Waals surface area contributed by atoms with E-state index < -0.39 is 25.4 Å². The maximum atomic E-state index is 9.10. The van der Waals surface area contributed by atoms with Crippen LogP contribution in [-0.2, 0) is 0 Å². The molecule has 0 aromatic rings. The SMILES string of the molecule is OCC[NH+](CCO)C(CO)(CO)CO. The maximum Gasteiger partial charge on any atom is 0.167 e. The number of aliphatic hydroxyl groups excluding tert-OH is 5. The monoisotopic (exact) mass is 210 g/mol. The van der Waals surface area contributed by atoms with Crippen LogP contribution in [0.3, 0.4) is 0 Å². The van der Waals surface area contributed by atoms with E-state index in [2.05, 4.69) is 0 Å². The van der Waals surface area contributed by atoms with Crippen LogP contribution in [0, 0.1) is 0 Å². The summed E-state index contributed by atoms with van der Waals surface area (Å²) >= 11 is 0. The van der Waals surface area contributed by atoms with E-state index in [-0.39, 0.29) is 26.3 Å². The van der Waals surface area contributed by atoms with Gasteiger partial charge in [-0.2, -0.15) is 0 Å². The average Bonchev–Trinajstić information content (AvgIpc) is 2.22. The van der Waals surface area contributed by atoms with E-state index >= 15 is 0 Å². The number of hydrogen-bond donors (Lipinski definition) is 6. The highest BCUT2D eigenvalue weighted by Gasteiger charge is 2.38. The van der Waals surface area contributed by atoms with Crippen molar-refractivity contribution in [2.24, 2.45) is 0 Å². The lowest BCUT2D eigenvalue weighted by molar-refractivity contribution is -0.955. The van der Waals surface area contributed by atoms with Gasteiger partial charge in [0.15, 0.2) is 5.54 Å². The average molecular weight is 210 g/mol. The lowest BCUT2D eigenvalue weighted by atomic mass is 10.0. The van der Waals surface area contributed by atoms with Crippen molar-refractivity contribution >= 4 is 0 Å². The van der Waals surface area contributed by atoms with Gasteiger partial charge in [-0.05, 0) is 0 Å². The Hall–Kier alpha value is -0.240. The third-order valence-electron chi connectivity index (χ3n) is 2.49. The number of rotatable bonds is 8. The van der Waals surface area contributed by atoms with E-state index in [1.807, 2.05) is 0 Å². The van der Waals surface area contributed by atoms with Crippen LogP contribution in [0.4, 0.5) is 0 Å². The molecule has 14 heavy (non-hydrogen) atoms. The molecule has 0 fully saturated rings. The van der Waals surface area contributed by atoms with Crippen molar-refractivity contribution in [2.75, 3.05) is 46.1 Å². The first-order valence-corrected chi connectivity index (χ1v) is 4.60. The summed E-state index contributed by atoms with van der Waals surface area (Å²) in [4.78, 5) is 0.593. The number of hydrogen-bond acceptors (Lipinski definition) is 5. The standard InChI is InChI=1S/C8H19NO5/c10-3-1-9(2-4-11)8(5-12,6-13)7-14/h10-14H,1-7H2/p+1. The van der Waals surface area contributed by atoms with Gasteiger partial charge in [0, 0.05) is 0 Å². The van der Waals surface area contributed by atoms with Crippen molar-refractivity contribution in [3.05, 3.63) is 0 Å². The van der Waals surface area contributed by atoms with Crippen LogP contribution < -0.4 is 4.90 Å². The molecule has 0 aromatic carbocycles. The van der Waals surface area contributed by atoms with Gasteiger partial charge in [-0.1, -0.05) is 0 Å². The molecule has 0 aliphatic carbocycles. The van der Waals surface area contributed by atoms with Crippen LogP contribution in [0.1, 0.15) is 0 Å². The fourth-order valence-electron chi connectivity index (χ4n) is 1.41. The van der Waals surface area contributed by atoms with Gasteiger partial charge in [0.1, 0.15) is 32.9 Å². The Kier molecular flexibility index (Phi) is 6.98. The second kappa shape index (κ2) is 7.10. The number of aliphatic hydroxyl groups is 5. The summed E-state index contributed by atoms with van der Waals surface area (Å²) < 4.78 is 0. The predicted octanol–water partition coefficient (Wildman–Crippen LogP) is -4.43. The highest BCUT2D eigenvalue weighted by Crippen LogP contribution is 1.95. The van der Waals surface area contributed by atoms with Gasteiger partial charge >= 0.3 is 0 Å². The zero-order valence-electron chi connectivity index (χ0n) is 8.19. The maximum absolute atomic E-state index is 9.10. The molecule has 0 aliphatic heterocycles. The first kappa shape index (κ1) is 13.8. The third kappa shape index (κ3) is 3.16. The molecule has 0 rings (SSSR count). The first-order chi connectivity index (χ1) is 6.70. The molecule has 6 heteroatoms. The molecule has 0 aliphatic rings. The quantitative estimate of drug-likeness (QED) is 0.242. The molecular formula is C8H20NO5+. The van der Waals surface area contributed by atoms with Gasteiger partial charge in [-0.3, -0.25) is 0 Å². The minimum absolute atomic E-state index is 0.128. The minimum Gasteiger partial charge on any atom is -0.391 e. The van der Waals surface area contributed by atoms with Crippen molar-refractivity contribution in [3.63, 3.8) is 0 Å². The molecular weight excluding hydrogens is 190 g/mol. The predicted molar refractivity (Wildman–Crippen MR) is 48.9 cm³/mol. The Bertz CT molecular complexity index is 125. The molecule has 86 valence electrons. The van der Waals surface area contributed by atoms with Crippen LogP contribution in [-0.4, -0.2) is 77.2 Å². The van der Waals surface area contributed by atoms with Crippen LogP contribution in [0.2, 0.25) is 0 Å². The molecule has 0 saturated heterocycles. The summed E-state index contributed by atoms with van der Waals surface area (Å²) in [5, 5.41) is 44.8. The molecule has 6 nitrogen and oxygen atoms in total. The molecule has 0 saturated carbocycles. The Morgan fingerprint density at radius 2 is 1.07 bits per heavy atom. The largest absolute Gasteiger partial charge is 0.391 e. The van der Waals surface area contributed by atoms with Crippen LogP contribution in [0.15, 0.2) is 0 Å². The van der Waals surface area contributed by atoms with Gasteiger partial charge in [0.2, 0.25) is 0 Å². The molecule has 0 spiro atoms. The van der Waals surface area contributed by atoms with E-state index in [0.717, 1.165) is 0 Å². The van der Waals surface area contributed by atoms with Crippen LogP contribution in [0.5, 0.6) is 0 Å². The molecule has 0 atom stereocenters. The van der Waals surface area contributed by atoms with Gasteiger partial charge in [0.05, 0.1) is 13.2 Å². The van der Waals surface area contributed by atoms with Crippen molar-refractivity contribution in [3.8, 4) is 0 Å². The topological polar surface area (TPSA) is 106 Å². The van der Waals surface area contributed by atoms with Crippen molar-refractivity contribution < 1.29 is 30.4 Å². The lowest BCUT2D eigenvalue weighted by Gasteiger charge is -2.36.